The molecule has 0 spiro atoms. The van der Waals surface area contributed by atoms with Crippen molar-refractivity contribution in [3.8, 4) is 11.5 Å². The fourth-order valence-corrected chi connectivity index (χ4v) is 5.07. The lowest BCUT2D eigenvalue weighted by molar-refractivity contribution is -0.118. The van der Waals surface area contributed by atoms with Gasteiger partial charge < -0.3 is 14.8 Å². The summed E-state index contributed by atoms with van der Waals surface area (Å²) >= 11 is 7.83. The molecule has 0 radical (unpaired) electrons. The third-order valence-corrected chi connectivity index (χ3v) is 6.71. The quantitative estimate of drug-likeness (QED) is 0.333. The number of aryl methyl sites for hydroxylation is 1. The molecule has 1 N–H and O–H groups in total. The molecule has 0 saturated carbocycles. The average Bonchev–Trinajstić information content (AvgIpc) is 3.36. The fraction of sp³-hybridized carbons (Fsp3) is 0.148. The van der Waals surface area contributed by atoms with Gasteiger partial charge in [-0.1, -0.05) is 52.8 Å². The van der Waals surface area contributed by atoms with Gasteiger partial charge in [0.1, 0.15) is 0 Å². The first kappa shape index (κ1) is 23.8. The van der Waals surface area contributed by atoms with E-state index in [9.17, 15) is 9.59 Å². The third-order valence-electron chi connectivity index (χ3n) is 5.46. The molecule has 0 atom stereocenters. The van der Waals surface area contributed by atoms with Gasteiger partial charge in [0.15, 0.2) is 23.1 Å². The highest BCUT2D eigenvalue weighted by atomic mass is 35.5. The molecule has 1 amide bonds. The summed E-state index contributed by atoms with van der Waals surface area (Å²) in [7, 11) is 0. The molecule has 0 saturated heterocycles. The summed E-state index contributed by atoms with van der Waals surface area (Å²) in [5, 5.41) is 3.06. The molecule has 0 fully saturated rings. The number of nitrogens with one attached hydrogen (secondary N) is 1. The van der Waals surface area contributed by atoms with Crippen LogP contribution < -0.4 is 24.9 Å². The lowest BCUT2D eigenvalue weighted by Crippen LogP contribution is -2.22. The Hall–Kier alpha value is -3.88. The lowest BCUT2D eigenvalue weighted by atomic mass is 10.2. The maximum atomic E-state index is 13.1. The number of hydrogen-bond acceptors (Lipinski definition) is 6. The molecular weight excluding hydrogens is 498 g/mol. The van der Waals surface area contributed by atoms with E-state index in [-0.39, 0.29) is 28.8 Å². The van der Waals surface area contributed by atoms with Crippen molar-refractivity contribution in [2.45, 2.75) is 13.8 Å². The Morgan fingerprint density at radius 2 is 1.92 bits per heavy atom. The summed E-state index contributed by atoms with van der Waals surface area (Å²) in [6, 6.07) is 18.4. The van der Waals surface area contributed by atoms with Crippen LogP contribution in [0, 0.1) is 6.92 Å². The van der Waals surface area contributed by atoms with E-state index in [2.05, 4.69) is 10.3 Å². The molecule has 2 aromatic heterocycles. The van der Waals surface area contributed by atoms with Crippen molar-refractivity contribution in [3.63, 3.8) is 0 Å². The number of rotatable bonds is 7. The minimum Gasteiger partial charge on any atom is -0.490 e. The third kappa shape index (κ3) is 4.78. The minimum absolute atomic E-state index is 0.147. The van der Waals surface area contributed by atoms with Gasteiger partial charge in [-0.3, -0.25) is 9.59 Å². The number of anilines is 1. The molecule has 36 heavy (non-hydrogen) atoms. The minimum atomic E-state index is -0.321. The number of benzene rings is 3. The fourth-order valence-electron chi connectivity index (χ4n) is 3.81. The van der Waals surface area contributed by atoms with Crippen LogP contribution in [0.4, 0.5) is 5.69 Å². The van der Waals surface area contributed by atoms with Gasteiger partial charge in [0.2, 0.25) is 0 Å². The molecule has 3 aromatic carbocycles. The van der Waals surface area contributed by atoms with Crippen molar-refractivity contribution in [1.82, 2.24) is 9.38 Å². The molecule has 0 aliphatic heterocycles. The Labute approximate surface area is 215 Å². The smallest absolute Gasteiger partial charge is 0.274 e. The van der Waals surface area contributed by atoms with Crippen molar-refractivity contribution in [3.05, 3.63) is 91.7 Å². The molecule has 182 valence electrons. The number of nitrogens with zero attached hydrogens (tertiary/aromatic N) is 2. The van der Waals surface area contributed by atoms with Crippen LogP contribution >= 0.6 is 22.9 Å². The number of hydrogen-bond donors (Lipinski definition) is 1. The summed E-state index contributed by atoms with van der Waals surface area (Å²) in [5.41, 5.74) is 3.86. The van der Waals surface area contributed by atoms with E-state index in [1.165, 1.54) is 11.3 Å². The summed E-state index contributed by atoms with van der Waals surface area (Å²) in [5.74, 6) is 0.334. The topological polar surface area (TPSA) is 81.9 Å². The summed E-state index contributed by atoms with van der Waals surface area (Å²) in [6.45, 7) is 3.95. The Morgan fingerprint density at radius 3 is 2.69 bits per heavy atom. The molecule has 0 unspecified atom stereocenters. The highest BCUT2D eigenvalue weighted by molar-refractivity contribution is 7.15. The number of fused-ring (bicyclic) bond motifs is 3. The van der Waals surface area contributed by atoms with Gasteiger partial charge in [-0.2, -0.15) is 0 Å². The van der Waals surface area contributed by atoms with Gasteiger partial charge >= 0.3 is 0 Å². The molecule has 9 heteroatoms. The zero-order chi connectivity index (χ0) is 25.2. The van der Waals surface area contributed by atoms with Crippen molar-refractivity contribution in [1.29, 1.82) is 0 Å². The predicted molar refractivity (Wildman–Crippen MR) is 144 cm³/mol. The van der Waals surface area contributed by atoms with Gasteiger partial charge in [-0.05, 0) is 61.9 Å². The normalized spacial score (nSPS) is 11.8. The van der Waals surface area contributed by atoms with E-state index in [1.807, 2.05) is 62.4 Å². The number of ether oxygens (including phenoxy) is 2. The maximum Gasteiger partial charge on any atom is 0.274 e. The van der Waals surface area contributed by atoms with E-state index in [0.29, 0.717) is 33.1 Å². The number of halogens is 1. The summed E-state index contributed by atoms with van der Waals surface area (Å²) in [6.07, 6.45) is 1.75. The number of amides is 1. The van der Waals surface area contributed by atoms with Crippen molar-refractivity contribution < 1.29 is 14.3 Å². The second kappa shape index (κ2) is 10.0. The molecule has 7 nitrogen and oxygen atoms in total. The molecule has 0 aliphatic carbocycles. The second-order valence-electron chi connectivity index (χ2n) is 8.10. The van der Waals surface area contributed by atoms with Crippen LogP contribution in [0.15, 0.2) is 65.5 Å². The Bertz CT molecular complexity index is 1690. The lowest BCUT2D eigenvalue weighted by Gasteiger charge is -2.14. The van der Waals surface area contributed by atoms with Crippen LogP contribution in [-0.2, 0) is 4.79 Å². The van der Waals surface area contributed by atoms with Crippen LogP contribution in [0.2, 0.25) is 5.02 Å². The Balaban J connectivity index is 1.42. The summed E-state index contributed by atoms with van der Waals surface area (Å²) < 4.78 is 13.6. The first-order valence-corrected chi connectivity index (χ1v) is 12.5. The highest BCUT2D eigenvalue weighted by Gasteiger charge is 2.15. The Kier molecular flexibility index (Phi) is 6.63. The van der Waals surface area contributed by atoms with Crippen LogP contribution in [0.3, 0.4) is 0 Å². The van der Waals surface area contributed by atoms with E-state index in [0.717, 1.165) is 16.6 Å². The number of aromatic nitrogens is 2. The number of para-hydroxylation sites is 2. The highest BCUT2D eigenvalue weighted by Crippen LogP contribution is 2.37. The first-order valence-electron chi connectivity index (χ1n) is 11.3. The molecule has 5 rings (SSSR count). The Morgan fingerprint density at radius 1 is 1.14 bits per heavy atom. The van der Waals surface area contributed by atoms with Crippen molar-refractivity contribution in [2.24, 2.45) is 0 Å². The molecule has 0 bridgehead atoms. The monoisotopic (exact) mass is 519 g/mol. The number of carbonyl (C=O) groups is 1. The van der Waals surface area contributed by atoms with Gasteiger partial charge in [0.05, 0.1) is 27.2 Å². The predicted octanol–water partition coefficient (Wildman–Crippen LogP) is 4.83. The van der Waals surface area contributed by atoms with Crippen LogP contribution in [0.1, 0.15) is 18.1 Å². The van der Waals surface area contributed by atoms with Crippen molar-refractivity contribution in [2.75, 3.05) is 18.5 Å². The van der Waals surface area contributed by atoms with Crippen LogP contribution in [0.5, 0.6) is 11.5 Å². The van der Waals surface area contributed by atoms with Gasteiger partial charge in [0.25, 0.3) is 11.5 Å². The molecule has 0 aliphatic rings. The zero-order valence-corrected chi connectivity index (χ0v) is 21.2. The van der Waals surface area contributed by atoms with E-state index >= 15 is 0 Å². The largest absolute Gasteiger partial charge is 0.490 e. The number of imidazole rings is 1. The second-order valence-corrected chi connectivity index (χ2v) is 9.52. The van der Waals surface area contributed by atoms with Gasteiger partial charge in [-0.25, -0.2) is 9.38 Å². The number of thiazole rings is 1. The SMILES string of the molecule is CCOc1cc(/C=c2\sc3nc4ccccc4n3c2=O)cc(Cl)c1OCC(=O)Nc1ccc(C)cc1. The summed E-state index contributed by atoms with van der Waals surface area (Å²) in [4.78, 5) is 30.6. The van der Waals surface area contributed by atoms with E-state index < -0.39 is 0 Å². The van der Waals surface area contributed by atoms with Gasteiger partial charge in [-0.15, -0.1) is 0 Å². The van der Waals surface area contributed by atoms with Crippen LogP contribution in [-0.4, -0.2) is 28.5 Å². The van der Waals surface area contributed by atoms with E-state index in [4.69, 9.17) is 21.1 Å². The standard InChI is InChI=1S/C27H22ClN3O4S/c1-3-34-22-13-17(14-23-26(33)31-21-7-5-4-6-20(21)30-27(31)36-23)12-19(28)25(22)35-15-24(32)29-18-10-8-16(2)9-11-18/h4-14H,3,15H2,1-2H3,(H,29,32)/b23-14-. The van der Waals surface area contributed by atoms with E-state index in [1.54, 1.807) is 22.6 Å². The molecule has 2 heterocycles. The average molecular weight is 520 g/mol. The zero-order valence-electron chi connectivity index (χ0n) is 19.6. The molecule has 5 aromatic rings. The maximum absolute atomic E-state index is 13.1. The first-order chi connectivity index (χ1) is 17.4. The van der Waals surface area contributed by atoms with Crippen LogP contribution in [0.25, 0.3) is 22.1 Å². The van der Waals surface area contributed by atoms with Gasteiger partial charge in [0, 0.05) is 5.69 Å². The number of carbonyl (C=O) groups excluding carboxylic acids is 1. The van der Waals surface area contributed by atoms with Crippen molar-refractivity contribution >= 4 is 56.6 Å². The molecular formula is C27H22ClN3O4S.